The number of nitriles is 1. The number of nitrogens with zero attached hydrogens (tertiary/aromatic N) is 1. The summed E-state index contributed by atoms with van der Waals surface area (Å²) in [6.07, 6.45) is 5.96. The van der Waals surface area contributed by atoms with Crippen LogP contribution in [0.25, 0.3) is 0 Å². The van der Waals surface area contributed by atoms with E-state index in [1.54, 1.807) is 18.2 Å². The lowest BCUT2D eigenvalue weighted by Gasteiger charge is -2.22. The Balaban J connectivity index is 1.51. The fourth-order valence-electron chi connectivity index (χ4n) is 3.16. The molecule has 31 heavy (non-hydrogen) atoms. The van der Waals surface area contributed by atoms with Crippen LogP contribution in [-0.2, 0) is 9.47 Å². The molecule has 3 rings (SSSR count). The van der Waals surface area contributed by atoms with Crippen molar-refractivity contribution in [1.82, 2.24) is 0 Å². The van der Waals surface area contributed by atoms with E-state index in [2.05, 4.69) is 13.0 Å². The average Bonchev–Trinajstić information content (AvgIpc) is 2.81. The van der Waals surface area contributed by atoms with Crippen molar-refractivity contribution in [3.05, 3.63) is 48.0 Å². The van der Waals surface area contributed by atoms with Crippen molar-refractivity contribution < 1.29 is 23.7 Å². The van der Waals surface area contributed by atoms with Gasteiger partial charge in [0.05, 0.1) is 31.5 Å². The van der Waals surface area contributed by atoms with E-state index in [-0.39, 0.29) is 6.29 Å². The highest BCUT2D eigenvalue weighted by molar-refractivity contribution is 5.49. The minimum absolute atomic E-state index is 0.0633. The van der Waals surface area contributed by atoms with Gasteiger partial charge in [-0.3, -0.25) is 0 Å². The predicted octanol–water partition coefficient (Wildman–Crippen LogP) is 5.84. The maximum atomic E-state index is 9.17. The van der Waals surface area contributed by atoms with E-state index in [9.17, 15) is 0 Å². The molecular formula is C25H31NO5. The average molecular weight is 426 g/mol. The molecule has 1 aliphatic rings. The predicted molar refractivity (Wildman–Crippen MR) is 118 cm³/mol. The molecule has 6 nitrogen and oxygen atoms in total. The molecule has 0 saturated carbocycles. The second kappa shape index (κ2) is 12.8. The molecule has 0 radical (unpaired) electrons. The zero-order chi connectivity index (χ0) is 21.7. The molecule has 1 saturated heterocycles. The first-order valence-electron chi connectivity index (χ1n) is 11.1. The Morgan fingerprint density at radius 3 is 2.65 bits per heavy atom. The Kier molecular flexibility index (Phi) is 9.49. The number of benzene rings is 2. The summed E-state index contributed by atoms with van der Waals surface area (Å²) in [6.45, 7) is 4.65. The van der Waals surface area contributed by atoms with Crippen LogP contribution >= 0.6 is 0 Å². The van der Waals surface area contributed by atoms with Gasteiger partial charge in [0.25, 0.3) is 0 Å². The molecule has 1 fully saturated rings. The van der Waals surface area contributed by atoms with Crippen LogP contribution in [0.4, 0.5) is 0 Å². The molecule has 0 spiro atoms. The van der Waals surface area contributed by atoms with E-state index in [0.29, 0.717) is 42.6 Å². The summed E-state index contributed by atoms with van der Waals surface area (Å²) in [5.74, 6) is 2.52. The van der Waals surface area contributed by atoms with E-state index < -0.39 is 0 Å². The van der Waals surface area contributed by atoms with Crippen molar-refractivity contribution >= 4 is 0 Å². The number of rotatable bonds is 12. The van der Waals surface area contributed by atoms with Crippen molar-refractivity contribution in [3.63, 3.8) is 0 Å². The Labute approximate surface area is 184 Å². The van der Waals surface area contributed by atoms with Crippen LogP contribution in [0.5, 0.6) is 23.0 Å². The normalized spacial score (nSPS) is 15.8. The van der Waals surface area contributed by atoms with Gasteiger partial charge in [-0.25, -0.2) is 0 Å². The summed E-state index contributed by atoms with van der Waals surface area (Å²) >= 11 is 0. The molecule has 2 aromatic rings. The van der Waals surface area contributed by atoms with Gasteiger partial charge in [0.15, 0.2) is 17.8 Å². The molecule has 1 aliphatic heterocycles. The van der Waals surface area contributed by atoms with E-state index in [1.807, 2.05) is 24.3 Å². The van der Waals surface area contributed by atoms with E-state index in [4.69, 9.17) is 28.9 Å². The second-order valence-corrected chi connectivity index (χ2v) is 7.42. The first-order chi connectivity index (χ1) is 15.3. The van der Waals surface area contributed by atoms with Gasteiger partial charge in [0, 0.05) is 25.2 Å². The number of unbranched alkanes of at least 4 members (excludes halogenated alkanes) is 1. The smallest absolute Gasteiger partial charge is 0.169 e. The fourth-order valence-corrected chi connectivity index (χ4v) is 3.16. The molecule has 0 N–H and O–H groups in total. The van der Waals surface area contributed by atoms with Crippen LogP contribution in [0.1, 0.15) is 51.0 Å². The molecule has 0 aromatic heterocycles. The lowest BCUT2D eigenvalue weighted by atomic mass is 10.2. The highest BCUT2D eigenvalue weighted by Gasteiger charge is 2.13. The van der Waals surface area contributed by atoms with Crippen LogP contribution in [0, 0.1) is 11.3 Å². The summed E-state index contributed by atoms with van der Waals surface area (Å²) < 4.78 is 29.0. The van der Waals surface area contributed by atoms with Crippen LogP contribution in [-0.4, -0.2) is 32.7 Å². The highest BCUT2D eigenvalue weighted by Crippen LogP contribution is 2.34. The summed E-state index contributed by atoms with van der Waals surface area (Å²) in [6, 6.07) is 14.8. The van der Waals surface area contributed by atoms with Crippen LogP contribution in [0.2, 0.25) is 0 Å². The Hall–Kier alpha value is -2.75. The number of hydrogen-bond donors (Lipinski definition) is 0. The maximum absolute atomic E-state index is 9.17. The van der Waals surface area contributed by atoms with Gasteiger partial charge < -0.3 is 23.7 Å². The fraction of sp³-hybridized carbons (Fsp3) is 0.480. The summed E-state index contributed by atoms with van der Waals surface area (Å²) in [5, 5.41) is 9.17. The second-order valence-electron chi connectivity index (χ2n) is 7.42. The van der Waals surface area contributed by atoms with Crippen molar-refractivity contribution in [3.8, 4) is 29.1 Å². The van der Waals surface area contributed by atoms with Gasteiger partial charge in [0.1, 0.15) is 11.5 Å². The van der Waals surface area contributed by atoms with Crippen molar-refractivity contribution in [1.29, 1.82) is 5.26 Å². The van der Waals surface area contributed by atoms with E-state index in [1.165, 1.54) is 6.42 Å². The van der Waals surface area contributed by atoms with Gasteiger partial charge in [-0.05, 0) is 49.9 Å². The first kappa shape index (κ1) is 22.9. The Morgan fingerprint density at radius 2 is 1.84 bits per heavy atom. The van der Waals surface area contributed by atoms with Gasteiger partial charge in [0.2, 0.25) is 0 Å². The summed E-state index contributed by atoms with van der Waals surface area (Å²) in [5.41, 5.74) is 0.539. The molecule has 0 bridgehead atoms. The van der Waals surface area contributed by atoms with Gasteiger partial charge in [-0.15, -0.1) is 0 Å². The van der Waals surface area contributed by atoms with Crippen molar-refractivity contribution in [2.45, 2.75) is 51.7 Å². The summed E-state index contributed by atoms with van der Waals surface area (Å²) in [7, 11) is 0. The largest absolute Gasteiger partial charge is 0.493 e. The molecule has 1 heterocycles. The Morgan fingerprint density at radius 1 is 0.968 bits per heavy atom. The van der Waals surface area contributed by atoms with Crippen molar-refractivity contribution in [2.24, 2.45) is 0 Å². The zero-order valence-corrected chi connectivity index (χ0v) is 18.2. The van der Waals surface area contributed by atoms with E-state index >= 15 is 0 Å². The molecule has 2 aromatic carbocycles. The third kappa shape index (κ3) is 7.78. The summed E-state index contributed by atoms with van der Waals surface area (Å²) in [4.78, 5) is 0. The molecule has 0 amide bonds. The lowest BCUT2D eigenvalue weighted by molar-refractivity contribution is -0.163. The monoisotopic (exact) mass is 425 g/mol. The highest BCUT2D eigenvalue weighted by atomic mass is 16.7. The SMILES string of the molecule is CCCCOc1cc(C#N)ccc1Oc1cccc(OCCCOC2CCCCO2)c1. The molecule has 1 atom stereocenters. The molecule has 166 valence electrons. The standard InChI is InChI=1S/C25H31NO5/c1-2-3-13-28-24-17-20(19-26)11-12-23(24)31-22-9-6-8-21(18-22)27-15-7-16-30-25-10-4-5-14-29-25/h6,8-9,11-12,17-18,25H,2-5,7,10,13-16H2,1H3. The third-order valence-corrected chi connectivity index (χ3v) is 4.86. The zero-order valence-electron chi connectivity index (χ0n) is 18.2. The van der Waals surface area contributed by atoms with Crippen LogP contribution in [0.15, 0.2) is 42.5 Å². The van der Waals surface area contributed by atoms with Gasteiger partial charge in [-0.1, -0.05) is 19.4 Å². The molecule has 1 unspecified atom stereocenters. The molecule has 6 heteroatoms. The Bertz CT molecular complexity index is 842. The van der Waals surface area contributed by atoms with Gasteiger partial charge in [-0.2, -0.15) is 5.26 Å². The first-order valence-corrected chi connectivity index (χ1v) is 11.1. The minimum Gasteiger partial charge on any atom is -0.493 e. The van der Waals surface area contributed by atoms with Gasteiger partial charge >= 0.3 is 0 Å². The van der Waals surface area contributed by atoms with Crippen molar-refractivity contribution in [2.75, 3.05) is 26.4 Å². The number of ether oxygens (including phenoxy) is 5. The van der Waals surface area contributed by atoms with E-state index in [0.717, 1.165) is 44.5 Å². The topological polar surface area (TPSA) is 69.9 Å². The lowest BCUT2D eigenvalue weighted by Crippen LogP contribution is -2.23. The van der Waals surface area contributed by atoms with Crippen LogP contribution < -0.4 is 14.2 Å². The third-order valence-electron chi connectivity index (χ3n) is 4.86. The maximum Gasteiger partial charge on any atom is 0.169 e. The van der Waals surface area contributed by atoms with Crippen LogP contribution in [0.3, 0.4) is 0 Å². The minimum atomic E-state index is -0.0633. The molecular weight excluding hydrogens is 394 g/mol. The molecule has 0 aliphatic carbocycles. The quantitative estimate of drug-likeness (QED) is 0.398. The number of hydrogen-bond acceptors (Lipinski definition) is 6.